The van der Waals surface area contributed by atoms with Crippen molar-refractivity contribution in [1.29, 1.82) is 0 Å². The summed E-state index contributed by atoms with van der Waals surface area (Å²) >= 11 is 3.50. The number of ketones is 1. The Kier molecular flexibility index (Phi) is 6.36. The van der Waals surface area contributed by atoms with E-state index in [1.54, 1.807) is 0 Å². The molecule has 26 heavy (non-hydrogen) atoms. The van der Waals surface area contributed by atoms with Gasteiger partial charge in [0.1, 0.15) is 5.78 Å². The van der Waals surface area contributed by atoms with Gasteiger partial charge in [-0.15, -0.1) is 0 Å². The van der Waals surface area contributed by atoms with Gasteiger partial charge in [-0.1, -0.05) is 57.5 Å². The van der Waals surface area contributed by atoms with Crippen molar-refractivity contribution in [3.05, 3.63) is 74.6 Å². The average molecular weight is 414 g/mol. The van der Waals surface area contributed by atoms with E-state index >= 15 is 0 Å². The van der Waals surface area contributed by atoms with Crippen LogP contribution in [0.5, 0.6) is 0 Å². The van der Waals surface area contributed by atoms with Gasteiger partial charge in [-0.25, -0.2) is 0 Å². The third kappa shape index (κ3) is 4.47. The summed E-state index contributed by atoms with van der Waals surface area (Å²) in [4.78, 5) is 23.2. The number of nitroso groups, excluding NO2 is 1. The molecular formula is C22H24BrNO2. The molecule has 3 nitrogen and oxygen atoms in total. The van der Waals surface area contributed by atoms with Gasteiger partial charge >= 0.3 is 0 Å². The number of hydrogen-bond acceptors (Lipinski definition) is 3. The number of carbonyl (C=O) groups excluding carboxylic acids is 1. The molecule has 1 saturated carbocycles. The lowest BCUT2D eigenvalue weighted by Gasteiger charge is -2.29. The van der Waals surface area contributed by atoms with Crippen LogP contribution in [0.25, 0.3) is 0 Å². The smallest absolute Gasteiger partial charge is 0.132 e. The second kappa shape index (κ2) is 8.72. The molecule has 1 aliphatic carbocycles. The van der Waals surface area contributed by atoms with Crippen LogP contribution in [0.1, 0.15) is 54.7 Å². The summed E-state index contributed by atoms with van der Waals surface area (Å²) in [6, 6.07) is 16.4. The number of halogens is 1. The van der Waals surface area contributed by atoms with Crippen molar-refractivity contribution in [2.45, 2.75) is 51.0 Å². The predicted octanol–water partition coefficient (Wildman–Crippen LogP) is 6.17. The van der Waals surface area contributed by atoms with Crippen molar-refractivity contribution in [3.8, 4) is 0 Å². The van der Waals surface area contributed by atoms with E-state index in [0.717, 1.165) is 17.3 Å². The van der Waals surface area contributed by atoms with Gasteiger partial charge in [0.15, 0.2) is 0 Å². The number of carbonyl (C=O) groups is 1. The fraction of sp³-hybridized carbons (Fsp3) is 0.409. The van der Waals surface area contributed by atoms with Crippen molar-refractivity contribution >= 4 is 21.7 Å². The maximum absolute atomic E-state index is 11.7. The van der Waals surface area contributed by atoms with Gasteiger partial charge in [0.2, 0.25) is 0 Å². The van der Waals surface area contributed by atoms with Gasteiger partial charge < -0.3 is 0 Å². The standard InChI is InChI=1S/C22H24BrNO2/c1-15-4-2-3-5-20(15)21(16-6-10-18(23)11-7-16)14-22(24-26)17-8-12-19(25)13-9-17/h2-7,10-11,17,21-22H,8-9,12-14H2,1H3. The quantitative estimate of drug-likeness (QED) is 0.531. The monoisotopic (exact) mass is 413 g/mol. The first kappa shape index (κ1) is 19.0. The highest BCUT2D eigenvalue weighted by Crippen LogP contribution is 2.37. The van der Waals surface area contributed by atoms with Crippen molar-refractivity contribution in [2.24, 2.45) is 11.1 Å². The first-order chi connectivity index (χ1) is 12.6. The Morgan fingerprint density at radius 2 is 1.73 bits per heavy atom. The number of hydrogen-bond donors (Lipinski definition) is 0. The minimum Gasteiger partial charge on any atom is -0.300 e. The molecule has 4 heteroatoms. The molecule has 2 unspecified atom stereocenters. The molecule has 1 fully saturated rings. The van der Waals surface area contributed by atoms with Crippen LogP contribution >= 0.6 is 15.9 Å². The Morgan fingerprint density at radius 3 is 2.35 bits per heavy atom. The average Bonchev–Trinajstić information content (AvgIpc) is 2.66. The maximum atomic E-state index is 11.7. The molecule has 136 valence electrons. The molecular weight excluding hydrogens is 390 g/mol. The molecule has 0 bridgehead atoms. The van der Waals surface area contributed by atoms with Gasteiger partial charge in [0.05, 0.1) is 6.04 Å². The lowest BCUT2D eigenvalue weighted by molar-refractivity contribution is -0.121. The van der Waals surface area contributed by atoms with Crippen molar-refractivity contribution < 1.29 is 4.79 Å². The minimum atomic E-state index is -0.253. The summed E-state index contributed by atoms with van der Waals surface area (Å²) in [5, 5.41) is 3.50. The summed E-state index contributed by atoms with van der Waals surface area (Å²) in [6.45, 7) is 2.11. The van der Waals surface area contributed by atoms with E-state index in [1.165, 1.54) is 16.7 Å². The van der Waals surface area contributed by atoms with Gasteiger partial charge in [0.25, 0.3) is 0 Å². The lowest BCUT2D eigenvalue weighted by Crippen LogP contribution is -2.26. The van der Waals surface area contributed by atoms with Gasteiger partial charge in [0, 0.05) is 23.2 Å². The molecule has 2 aromatic carbocycles. The van der Waals surface area contributed by atoms with Crippen LogP contribution in [0, 0.1) is 17.7 Å². The van der Waals surface area contributed by atoms with Crippen LogP contribution in [-0.2, 0) is 4.79 Å². The number of nitrogens with zero attached hydrogens (tertiary/aromatic N) is 1. The second-order valence-corrected chi connectivity index (χ2v) is 8.16. The molecule has 2 atom stereocenters. The van der Waals surface area contributed by atoms with E-state index < -0.39 is 0 Å². The first-order valence-electron chi connectivity index (χ1n) is 9.23. The van der Waals surface area contributed by atoms with E-state index in [1.807, 2.05) is 18.2 Å². The van der Waals surface area contributed by atoms with E-state index in [-0.39, 0.29) is 17.9 Å². The highest BCUT2D eigenvalue weighted by Gasteiger charge is 2.31. The molecule has 1 aliphatic rings. The van der Waals surface area contributed by atoms with E-state index in [2.05, 4.69) is 58.4 Å². The zero-order chi connectivity index (χ0) is 18.5. The van der Waals surface area contributed by atoms with Gasteiger partial charge in [-0.3, -0.25) is 4.79 Å². The van der Waals surface area contributed by atoms with Gasteiger partial charge in [-0.2, -0.15) is 4.91 Å². The summed E-state index contributed by atoms with van der Waals surface area (Å²) in [5.74, 6) is 0.658. The fourth-order valence-electron chi connectivity index (χ4n) is 4.03. The fourth-order valence-corrected chi connectivity index (χ4v) is 4.29. The Morgan fingerprint density at radius 1 is 1.08 bits per heavy atom. The number of Topliss-reactive ketones (excluding diaryl/α,β-unsaturated/α-hetero) is 1. The molecule has 0 heterocycles. The minimum absolute atomic E-state index is 0.129. The highest BCUT2D eigenvalue weighted by atomic mass is 79.9. The lowest BCUT2D eigenvalue weighted by atomic mass is 9.77. The third-order valence-electron chi connectivity index (χ3n) is 5.58. The molecule has 0 amide bonds. The van der Waals surface area contributed by atoms with Crippen molar-refractivity contribution in [1.82, 2.24) is 0 Å². The Balaban J connectivity index is 1.90. The van der Waals surface area contributed by atoms with E-state index in [0.29, 0.717) is 25.0 Å². The van der Waals surface area contributed by atoms with Crippen LogP contribution in [-0.4, -0.2) is 11.8 Å². The summed E-state index contributed by atoms with van der Waals surface area (Å²) < 4.78 is 1.04. The molecule has 0 radical (unpaired) electrons. The zero-order valence-electron chi connectivity index (χ0n) is 15.0. The van der Waals surface area contributed by atoms with Crippen LogP contribution in [0.3, 0.4) is 0 Å². The normalized spacial score (nSPS) is 17.7. The second-order valence-electron chi connectivity index (χ2n) is 7.25. The Bertz CT molecular complexity index is 762. The van der Waals surface area contributed by atoms with E-state index in [4.69, 9.17) is 0 Å². The van der Waals surface area contributed by atoms with Crippen LogP contribution in [0.15, 0.2) is 58.2 Å². The molecule has 0 aliphatic heterocycles. The van der Waals surface area contributed by atoms with Crippen molar-refractivity contribution in [2.75, 3.05) is 0 Å². The topological polar surface area (TPSA) is 46.5 Å². The van der Waals surface area contributed by atoms with Crippen LogP contribution < -0.4 is 0 Å². The zero-order valence-corrected chi connectivity index (χ0v) is 16.6. The molecule has 0 saturated heterocycles. The van der Waals surface area contributed by atoms with Crippen molar-refractivity contribution in [3.63, 3.8) is 0 Å². The third-order valence-corrected chi connectivity index (χ3v) is 6.11. The first-order valence-corrected chi connectivity index (χ1v) is 10.0. The van der Waals surface area contributed by atoms with Gasteiger partial charge in [-0.05, 0) is 60.9 Å². The van der Waals surface area contributed by atoms with Crippen LogP contribution in [0.2, 0.25) is 0 Å². The molecule has 0 N–H and O–H groups in total. The summed E-state index contributed by atoms with van der Waals surface area (Å²) in [5.41, 5.74) is 3.67. The Hall–Kier alpha value is -1.81. The molecule has 0 spiro atoms. The predicted molar refractivity (Wildman–Crippen MR) is 108 cm³/mol. The molecule has 2 aromatic rings. The SMILES string of the molecule is Cc1ccccc1C(CC(N=O)C1CCC(=O)CC1)c1ccc(Br)cc1. The van der Waals surface area contributed by atoms with E-state index in [9.17, 15) is 9.70 Å². The largest absolute Gasteiger partial charge is 0.300 e. The van der Waals surface area contributed by atoms with Crippen LogP contribution in [0.4, 0.5) is 0 Å². The number of rotatable bonds is 6. The molecule has 0 aromatic heterocycles. The summed E-state index contributed by atoms with van der Waals surface area (Å²) in [6.07, 6.45) is 3.44. The number of aryl methyl sites for hydroxylation is 1. The number of benzene rings is 2. The molecule has 3 rings (SSSR count). The highest BCUT2D eigenvalue weighted by molar-refractivity contribution is 9.10. The maximum Gasteiger partial charge on any atom is 0.132 e. The Labute approximate surface area is 163 Å². The summed E-state index contributed by atoms with van der Waals surface area (Å²) in [7, 11) is 0.